The third-order valence-electron chi connectivity index (χ3n) is 3.07. The number of hydrogen-bond donors (Lipinski definition) is 1. The normalized spacial score (nSPS) is 26.7. The average molecular weight is 241 g/mol. The molecule has 1 saturated heterocycles. The molecule has 0 spiro atoms. The number of rotatable bonds is 2. The zero-order valence-corrected chi connectivity index (χ0v) is 10.4. The van der Waals surface area contributed by atoms with Crippen LogP contribution in [0.3, 0.4) is 0 Å². The van der Waals surface area contributed by atoms with Crippen molar-refractivity contribution in [3.63, 3.8) is 0 Å². The summed E-state index contributed by atoms with van der Waals surface area (Å²) in [5.74, 6) is 0.764. The van der Waals surface area contributed by atoms with Gasteiger partial charge >= 0.3 is 0 Å². The molecule has 1 aromatic rings. The molecule has 1 N–H and O–H groups in total. The third kappa shape index (κ3) is 2.62. The zero-order chi connectivity index (χ0) is 11.5. The molecule has 88 valence electrons. The van der Waals surface area contributed by atoms with E-state index >= 15 is 0 Å². The van der Waals surface area contributed by atoms with E-state index in [9.17, 15) is 0 Å². The average Bonchev–Trinajstić information content (AvgIpc) is 2.24. The minimum Gasteiger partial charge on any atom is -0.302 e. The summed E-state index contributed by atoms with van der Waals surface area (Å²) < 4.78 is 0. The van der Waals surface area contributed by atoms with Crippen LogP contribution in [0.15, 0.2) is 12.4 Å². The monoisotopic (exact) mass is 240 g/mol. The van der Waals surface area contributed by atoms with Crippen LogP contribution in [0, 0.1) is 0 Å². The van der Waals surface area contributed by atoms with Gasteiger partial charge in [-0.2, -0.15) is 0 Å². The molecule has 1 aromatic heterocycles. The van der Waals surface area contributed by atoms with Gasteiger partial charge in [0.15, 0.2) is 0 Å². The van der Waals surface area contributed by atoms with E-state index in [1.165, 1.54) is 25.6 Å². The molecule has 0 saturated carbocycles. The summed E-state index contributed by atoms with van der Waals surface area (Å²) in [6, 6.07) is 2.80. The molecule has 1 aliphatic rings. The summed E-state index contributed by atoms with van der Waals surface area (Å²) in [7, 11) is 0. The van der Waals surface area contributed by atoms with E-state index in [2.05, 4.69) is 34.3 Å². The molecule has 0 bridgehead atoms. The van der Waals surface area contributed by atoms with Gasteiger partial charge in [0.25, 0.3) is 0 Å². The van der Waals surface area contributed by atoms with E-state index in [1.807, 2.05) is 0 Å². The lowest BCUT2D eigenvalue weighted by molar-refractivity contribution is 0.135. The number of hydrogen-bond acceptors (Lipinski definition) is 4. The summed E-state index contributed by atoms with van der Waals surface area (Å²) in [6.07, 6.45) is 5.21. The van der Waals surface area contributed by atoms with Crippen LogP contribution in [0.4, 0.5) is 5.82 Å². The van der Waals surface area contributed by atoms with Gasteiger partial charge in [-0.05, 0) is 26.7 Å². The minimum absolute atomic E-state index is 0.467. The van der Waals surface area contributed by atoms with Gasteiger partial charge in [-0.1, -0.05) is 18.0 Å². The molecule has 4 nitrogen and oxygen atoms in total. The Kier molecular flexibility index (Phi) is 3.61. The molecule has 2 unspecified atom stereocenters. The van der Waals surface area contributed by atoms with Crippen molar-refractivity contribution >= 4 is 17.4 Å². The van der Waals surface area contributed by atoms with Gasteiger partial charge in [-0.15, -0.1) is 0 Å². The van der Waals surface area contributed by atoms with Gasteiger partial charge < -0.3 is 5.43 Å². The van der Waals surface area contributed by atoms with E-state index in [4.69, 9.17) is 11.6 Å². The lowest BCUT2D eigenvalue weighted by Gasteiger charge is -2.39. The molecule has 0 radical (unpaired) electrons. The number of aromatic nitrogens is 2. The van der Waals surface area contributed by atoms with Crippen LogP contribution in [-0.2, 0) is 0 Å². The predicted molar refractivity (Wildman–Crippen MR) is 65.3 cm³/mol. The maximum atomic E-state index is 5.83. The molecular weight excluding hydrogens is 224 g/mol. The molecule has 0 amide bonds. The first-order valence-corrected chi connectivity index (χ1v) is 6.07. The molecule has 0 aliphatic carbocycles. The minimum atomic E-state index is 0.467. The van der Waals surface area contributed by atoms with Crippen LogP contribution >= 0.6 is 11.6 Å². The van der Waals surface area contributed by atoms with Crippen molar-refractivity contribution in [2.75, 3.05) is 5.43 Å². The maximum Gasteiger partial charge on any atom is 0.145 e. The van der Waals surface area contributed by atoms with Crippen molar-refractivity contribution in [2.45, 2.75) is 45.2 Å². The van der Waals surface area contributed by atoms with Gasteiger partial charge in [0, 0.05) is 18.2 Å². The van der Waals surface area contributed by atoms with Crippen molar-refractivity contribution < 1.29 is 0 Å². The predicted octanol–water partition coefficient (Wildman–Crippen LogP) is 2.72. The molecule has 1 fully saturated rings. The molecule has 2 atom stereocenters. The zero-order valence-electron chi connectivity index (χ0n) is 9.65. The molecule has 5 heteroatoms. The molecule has 1 aliphatic heterocycles. The first kappa shape index (κ1) is 11.6. The molecular formula is C11H17ClN4. The highest BCUT2D eigenvalue weighted by Crippen LogP contribution is 2.23. The van der Waals surface area contributed by atoms with Crippen molar-refractivity contribution in [3.05, 3.63) is 17.5 Å². The summed E-state index contributed by atoms with van der Waals surface area (Å²) in [6.45, 7) is 4.46. The largest absolute Gasteiger partial charge is 0.302 e. The summed E-state index contributed by atoms with van der Waals surface area (Å²) in [5, 5.41) is 2.72. The highest BCUT2D eigenvalue weighted by Gasteiger charge is 2.24. The molecule has 2 heterocycles. The van der Waals surface area contributed by atoms with Gasteiger partial charge in [0.1, 0.15) is 17.3 Å². The second-order valence-corrected chi connectivity index (χ2v) is 4.76. The van der Waals surface area contributed by atoms with Gasteiger partial charge in [-0.25, -0.2) is 15.0 Å². The number of piperidine rings is 1. The highest BCUT2D eigenvalue weighted by molar-refractivity contribution is 6.29. The van der Waals surface area contributed by atoms with Crippen molar-refractivity contribution in [2.24, 2.45) is 0 Å². The van der Waals surface area contributed by atoms with Crippen LogP contribution < -0.4 is 5.43 Å². The van der Waals surface area contributed by atoms with Crippen LogP contribution in [-0.4, -0.2) is 27.1 Å². The Balaban J connectivity index is 2.07. The second-order valence-electron chi connectivity index (χ2n) is 4.37. The summed E-state index contributed by atoms with van der Waals surface area (Å²) >= 11 is 5.83. The van der Waals surface area contributed by atoms with Crippen LogP contribution in [0.2, 0.25) is 5.15 Å². The molecule has 0 aromatic carbocycles. The fourth-order valence-electron chi connectivity index (χ4n) is 2.17. The summed E-state index contributed by atoms with van der Waals surface area (Å²) in [5.41, 5.74) is 3.32. The second kappa shape index (κ2) is 4.97. The Hall–Kier alpha value is -0.870. The first-order valence-electron chi connectivity index (χ1n) is 5.69. The fourth-order valence-corrected chi connectivity index (χ4v) is 2.32. The Morgan fingerprint density at radius 2 is 2.00 bits per heavy atom. The van der Waals surface area contributed by atoms with Crippen LogP contribution in [0.25, 0.3) is 0 Å². The lowest BCUT2D eigenvalue weighted by atomic mass is 10.00. The Labute approximate surface area is 101 Å². The fraction of sp³-hybridized carbons (Fsp3) is 0.636. The molecule has 2 rings (SSSR count). The lowest BCUT2D eigenvalue weighted by Crippen LogP contribution is -2.47. The maximum absolute atomic E-state index is 5.83. The number of anilines is 1. The van der Waals surface area contributed by atoms with E-state index in [-0.39, 0.29) is 0 Å². The van der Waals surface area contributed by atoms with E-state index in [0.29, 0.717) is 17.2 Å². The quantitative estimate of drug-likeness (QED) is 0.807. The number of halogens is 1. The van der Waals surface area contributed by atoms with Gasteiger partial charge in [0.05, 0.1) is 0 Å². The smallest absolute Gasteiger partial charge is 0.145 e. The van der Waals surface area contributed by atoms with E-state index < -0.39 is 0 Å². The van der Waals surface area contributed by atoms with E-state index in [0.717, 1.165) is 5.82 Å². The van der Waals surface area contributed by atoms with Crippen molar-refractivity contribution in [1.82, 2.24) is 15.0 Å². The Morgan fingerprint density at radius 3 is 2.62 bits per heavy atom. The SMILES string of the molecule is CC1CCCC(C)N1Nc1cc(Cl)ncn1. The summed E-state index contributed by atoms with van der Waals surface area (Å²) in [4.78, 5) is 8.02. The molecule has 16 heavy (non-hydrogen) atoms. The Morgan fingerprint density at radius 1 is 1.31 bits per heavy atom. The topological polar surface area (TPSA) is 41.0 Å². The highest BCUT2D eigenvalue weighted by atomic mass is 35.5. The van der Waals surface area contributed by atoms with Gasteiger partial charge in [0.2, 0.25) is 0 Å². The standard InChI is InChI=1S/C11H17ClN4/c1-8-4-3-5-9(2)16(8)15-11-6-10(12)13-7-14-11/h6-9H,3-5H2,1-2H3,(H,13,14,15). The van der Waals surface area contributed by atoms with Gasteiger partial charge in [-0.3, -0.25) is 0 Å². The third-order valence-corrected chi connectivity index (χ3v) is 3.28. The number of nitrogens with zero attached hydrogens (tertiary/aromatic N) is 3. The van der Waals surface area contributed by atoms with Crippen LogP contribution in [0.5, 0.6) is 0 Å². The van der Waals surface area contributed by atoms with E-state index in [1.54, 1.807) is 6.07 Å². The van der Waals surface area contributed by atoms with Crippen LogP contribution in [0.1, 0.15) is 33.1 Å². The first-order chi connectivity index (χ1) is 7.66. The number of nitrogens with one attached hydrogen (secondary N) is 1. The van der Waals surface area contributed by atoms with Crippen molar-refractivity contribution in [3.8, 4) is 0 Å². The Bertz CT molecular complexity index is 348. The van der Waals surface area contributed by atoms with Crippen molar-refractivity contribution in [1.29, 1.82) is 0 Å². The number of hydrazine groups is 1.